The highest BCUT2D eigenvalue weighted by Crippen LogP contribution is 2.13. The van der Waals surface area contributed by atoms with Crippen molar-refractivity contribution in [2.45, 2.75) is 33.2 Å². The van der Waals surface area contributed by atoms with E-state index in [1.54, 1.807) is 7.11 Å². The molecular weight excluding hydrogens is 224 g/mol. The minimum Gasteiger partial charge on any atom is -0.393 e. The Hall–Kier alpha value is -0.680. The molecule has 0 saturated heterocycles. The number of amides is 1. The summed E-state index contributed by atoms with van der Waals surface area (Å²) < 4.78 is 5.03. The Kier molecular flexibility index (Phi) is 5.89. The molecule has 0 rings (SSSR count). The van der Waals surface area contributed by atoms with Crippen molar-refractivity contribution in [1.29, 1.82) is 0 Å². The van der Waals surface area contributed by atoms with Crippen molar-refractivity contribution in [1.82, 2.24) is 5.32 Å². The lowest BCUT2D eigenvalue weighted by Gasteiger charge is -2.29. The van der Waals surface area contributed by atoms with Gasteiger partial charge in [0, 0.05) is 7.11 Å². The molecule has 0 saturated carbocycles. The van der Waals surface area contributed by atoms with Gasteiger partial charge in [-0.1, -0.05) is 26.1 Å². The molecule has 0 spiro atoms. The van der Waals surface area contributed by atoms with Gasteiger partial charge in [-0.2, -0.15) is 0 Å². The molecule has 94 valence electrons. The zero-order valence-corrected chi connectivity index (χ0v) is 11.5. The van der Waals surface area contributed by atoms with E-state index in [1.807, 2.05) is 27.7 Å². The molecule has 0 aromatic rings. The Morgan fingerprint density at radius 1 is 1.50 bits per heavy atom. The highest BCUT2D eigenvalue weighted by Gasteiger charge is 2.29. The van der Waals surface area contributed by atoms with E-state index in [-0.39, 0.29) is 16.8 Å². The third kappa shape index (κ3) is 4.90. The smallest absolute Gasteiger partial charge is 0.230 e. The summed E-state index contributed by atoms with van der Waals surface area (Å²) in [6.07, 6.45) is 0. The first-order chi connectivity index (χ1) is 7.21. The third-order valence-corrected chi connectivity index (χ3v) is 2.48. The molecule has 16 heavy (non-hydrogen) atoms. The SMILES string of the molecule is COCC(C)(C)NC(=O)C(C(N)=S)C(C)C. The molecular formula is C11H22N2O2S. The Bertz CT molecular complexity index is 265. The van der Waals surface area contributed by atoms with Crippen LogP contribution < -0.4 is 11.1 Å². The van der Waals surface area contributed by atoms with Gasteiger partial charge in [0.15, 0.2) is 0 Å². The molecule has 0 heterocycles. The molecule has 0 fully saturated rings. The number of hydrogen-bond acceptors (Lipinski definition) is 3. The average Bonchev–Trinajstić information content (AvgIpc) is 1.99. The molecule has 1 atom stereocenters. The van der Waals surface area contributed by atoms with Gasteiger partial charge in [-0.25, -0.2) is 0 Å². The lowest BCUT2D eigenvalue weighted by atomic mass is 9.93. The molecule has 0 radical (unpaired) electrons. The van der Waals surface area contributed by atoms with Gasteiger partial charge in [-0.05, 0) is 19.8 Å². The van der Waals surface area contributed by atoms with Crippen molar-refractivity contribution in [2.24, 2.45) is 17.6 Å². The Labute approximate surface area is 103 Å². The summed E-state index contributed by atoms with van der Waals surface area (Å²) in [7, 11) is 1.60. The number of thiocarbonyl (C=S) groups is 1. The van der Waals surface area contributed by atoms with Crippen LogP contribution in [0.25, 0.3) is 0 Å². The van der Waals surface area contributed by atoms with Gasteiger partial charge in [-0.15, -0.1) is 0 Å². The summed E-state index contributed by atoms with van der Waals surface area (Å²) in [5, 5.41) is 2.89. The number of carbonyl (C=O) groups excluding carboxylic acids is 1. The van der Waals surface area contributed by atoms with Gasteiger partial charge in [0.05, 0.1) is 23.1 Å². The molecule has 1 amide bonds. The maximum Gasteiger partial charge on any atom is 0.230 e. The van der Waals surface area contributed by atoms with Crippen LogP contribution >= 0.6 is 12.2 Å². The summed E-state index contributed by atoms with van der Waals surface area (Å²) in [5.74, 6) is -0.466. The van der Waals surface area contributed by atoms with Crippen LogP contribution in [0.1, 0.15) is 27.7 Å². The summed E-state index contributed by atoms with van der Waals surface area (Å²) in [6, 6.07) is 0. The summed E-state index contributed by atoms with van der Waals surface area (Å²) in [6.45, 7) is 8.08. The van der Waals surface area contributed by atoms with E-state index < -0.39 is 11.5 Å². The minimum atomic E-state index is -0.425. The van der Waals surface area contributed by atoms with E-state index >= 15 is 0 Å². The van der Waals surface area contributed by atoms with Crippen molar-refractivity contribution < 1.29 is 9.53 Å². The molecule has 3 N–H and O–H groups in total. The molecule has 0 bridgehead atoms. The normalized spacial score (nSPS) is 13.6. The highest BCUT2D eigenvalue weighted by molar-refractivity contribution is 7.80. The number of nitrogens with one attached hydrogen (secondary N) is 1. The monoisotopic (exact) mass is 246 g/mol. The largest absolute Gasteiger partial charge is 0.393 e. The van der Waals surface area contributed by atoms with E-state index in [2.05, 4.69) is 5.32 Å². The minimum absolute atomic E-state index is 0.0934. The lowest BCUT2D eigenvalue weighted by molar-refractivity contribution is -0.126. The van der Waals surface area contributed by atoms with E-state index in [0.29, 0.717) is 6.61 Å². The van der Waals surface area contributed by atoms with E-state index in [1.165, 1.54) is 0 Å². The topological polar surface area (TPSA) is 64.3 Å². The molecule has 0 aromatic carbocycles. The quantitative estimate of drug-likeness (QED) is 0.689. The zero-order chi connectivity index (χ0) is 12.9. The third-order valence-electron chi connectivity index (χ3n) is 2.22. The van der Waals surface area contributed by atoms with Gasteiger partial charge in [0.1, 0.15) is 0 Å². The predicted octanol–water partition coefficient (Wildman–Crippen LogP) is 1.09. The zero-order valence-electron chi connectivity index (χ0n) is 10.7. The molecule has 0 aliphatic carbocycles. The second kappa shape index (κ2) is 6.15. The maximum absolute atomic E-state index is 12.0. The predicted molar refractivity (Wildman–Crippen MR) is 69.2 cm³/mol. The number of ether oxygens (including phenoxy) is 1. The average molecular weight is 246 g/mol. The highest BCUT2D eigenvalue weighted by atomic mass is 32.1. The second-order valence-electron chi connectivity index (χ2n) is 4.93. The van der Waals surface area contributed by atoms with Crippen LogP contribution in [0, 0.1) is 11.8 Å². The van der Waals surface area contributed by atoms with Crippen molar-refractivity contribution in [3.8, 4) is 0 Å². The number of nitrogens with two attached hydrogens (primary N) is 1. The Morgan fingerprint density at radius 2 is 2.00 bits per heavy atom. The van der Waals surface area contributed by atoms with E-state index in [4.69, 9.17) is 22.7 Å². The van der Waals surface area contributed by atoms with Gasteiger partial charge in [0.2, 0.25) is 5.91 Å². The van der Waals surface area contributed by atoms with Crippen LogP contribution in [0.3, 0.4) is 0 Å². The van der Waals surface area contributed by atoms with Crippen molar-refractivity contribution in [3.63, 3.8) is 0 Å². The van der Waals surface area contributed by atoms with Crippen LogP contribution in [0.5, 0.6) is 0 Å². The van der Waals surface area contributed by atoms with E-state index in [9.17, 15) is 4.79 Å². The number of methoxy groups -OCH3 is 1. The molecule has 4 nitrogen and oxygen atoms in total. The van der Waals surface area contributed by atoms with Crippen molar-refractivity contribution in [3.05, 3.63) is 0 Å². The van der Waals surface area contributed by atoms with Crippen molar-refractivity contribution >= 4 is 23.1 Å². The fourth-order valence-corrected chi connectivity index (χ4v) is 1.95. The summed E-state index contributed by atoms with van der Waals surface area (Å²) in [5.41, 5.74) is 5.16. The molecule has 1 unspecified atom stereocenters. The number of hydrogen-bond donors (Lipinski definition) is 2. The van der Waals surface area contributed by atoms with Crippen LogP contribution in [0.4, 0.5) is 0 Å². The summed E-state index contributed by atoms with van der Waals surface area (Å²) in [4.78, 5) is 12.2. The van der Waals surface area contributed by atoms with Gasteiger partial charge in [-0.3, -0.25) is 4.79 Å². The molecule has 5 heteroatoms. The van der Waals surface area contributed by atoms with Crippen LogP contribution in [0.2, 0.25) is 0 Å². The van der Waals surface area contributed by atoms with Crippen LogP contribution in [-0.4, -0.2) is 30.2 Å². The van der Waals surface area contributed by atoms with Gasteiger partial charge in [0.25, 0.3) is 0 Å². The van der Waals surface area contributed by atoms with E-state index in [0.717, 1.165) is 0 Å². The van der Waals surface area contributed by atoms with Gasteiger partial charge < -0.3 is 15.8 Å². The molecule has 0 aliphatic rings. The number of rotatable bonds is 6. The van der Waals surface area contributed by atoms with Gasteiger partial charge >= 0.3 is 0 Å². The molecule has 0 aliphatic heterocycles. The fraction of sp³-hybridized carbons (Fsp3) is 0.818. The summed E-state index contributed by atoms with van der Waals surface area (Å²) >= 11 is 4.91. The first-order valence-corrected chi connectivity index (χ1v) is 5.72. The molecule has 0 aromatic heterocycles. The Morgan fingerprint density at radius 3 is 2.31 bits per heavy atom. The lowest BCUT2D eigenvalue weighted by Crippen LogP contribution is -2.52. The van der Waals surface area contributed by atoms with Crippen LogP contribution in [0.15, 0.2) is 0 Å². The standard InChI is InChI=1S/C11H22N2O2S/c1-7(2)8(9(12)16)10(14)13-11(3,4)6-15-5/h7-8H,6H2,1-5H3,(H2,12,16)(H,13,14). The van der Waals surface area contributed by atoms with Crippen LogP contribution in [-0.2, 0) is 9.53 Å². The first-order valence-electron chi connectivity index (χ1n) is 5.31. The fourth-order valence-electron chi connectivity index (χ4n) is 1.57. The Balaban J connectivity index is 4.60. The number of carbonyl (C=O) groups is 1. The first kappa shape index (κ1) is 15.3. The second-order valence-corrected chi connectivity index (χ2v) is 5.40. The van der Waals surface area contributed by atoms with Crippen molar-refractivity contribution in [2.75, 3.05) is 13.7 Å². The maximum atomic E-state index is 12.0.